The summed E-state index contributed by atoms with van der Waals surface area (Å²) in [4.78, 5) is 0. The van der Waals surface area contributed by atoms with Gasteiger partial charge < -0.3 is 0 Å². The molecule has 22 heavy (non-hydrogen) atoms. The molecular formula is C22H40. The van der Waals surface area contributed by atoms with Gasteiger partial charge in [0.15, 0.2) is 0 Å². The molecule has 0 unspecified atom stereocenters. The van der Waals surface area contributed by atoms with Crippen molar-refractivity contribution in [2.24, 2.45) is 11.8 Å². The first-order chi connectivity index (χ1) is 10.9. The van der Waals surface area contributed by atoms with Crippen LogP contribution in [0.1, 0.15) is 104 Å². The molecule has 0 N–H and O–H groups in total. The molecule has 0 aromatic carbocycles. The molecule has 0 aromatic rings. The van der Waals surface area contributed by atoms with Gasteiger partial charge in [-0.2, -0.15) is 0 Å². The second kappa shape index (κ2) is 14.1. The Hall–Kier alpha value is -0.520. The van der Waals surface area contributed by atoms with Crippen LogP contribution in [0.2, 0.25) is 0 Å². The van der Waals surface area contributed by atoms with Crippen molar-refractivity contribution in [1.82, 2.24) is 0 Å². The van der Waals surface area contributed by atoms with Crippen molar-refractivity contribution in [3.8, 4) is 0 Å². The van der Waals surface area contributed by atoms with Crippen LogP contribution in [-0.2, 0) is 0 Å². The van der Waals surface area contributed by atoms with Crippen molar-refractivity contribution in [3.05, 3.63) is 24.3 Å². The molecule has 2 atom stereocenters. The average molecular weight is 305 g/mol. The molecule has 0 heteroatoms. The zero-order chi connectivity index (χ0) is 15.9. The van der Waals surface area contributed by atoms with E-state index in [1.807, 2.05) is 0 Å². The summed E-state index contributed by atoms with van der Waals surface area (Å²) in [6.45, 7) is 4.56. The van der Waals surface area contributed by atoms with E-state index in [1.165, 1.54) is 89.9 Å². The standard InChI is InChI=1S/C22H40/c1-3-5-7-9-10-11-13-15-18-22-20-16-19-21(22)17-14-12-8-6-4-2/h12,14-15,18,21-22H,3-11,13,16-17,19-20H2,1-2H3/t21-,22-/m0/s1. The van der Waals surface area contributed by atoms with Crippen LogP contribution >= 0.6 is 0 Å². The Morgan fingerprint density at radius 3 is 2.27 bits per heavy atom. The van der Waals surface area contributed by atoms with Gasteiger partial charge in [0.1, 0.15) is 0 Å². The predicted octanol–water partition coefficient (Wildman–Crippen LogP) is 7.85. The van der Waals surface area contributed by atoms with Crippen LogP contribution in [0.3, 0.4) is 0 Å². The molecule has 0 nitrogen and oxygen atoms in total. The van der Waals surface area contributed by atoms with E-state index in [4.69, 9.17) is 0 Å². The fourth-order valence-corrected chi connectivity index (χ4v) is 3.64. The Morgan fingerprint density at radius 2 is 1.45 bits per heavy atom. The fourth-order valence-electron chi connectivity index (χ4n) is 3.64. The lowest BCUT2D eigenvalue weighted by Gasteiger charge is -2.14. The molecule has 1 fully saturated rings. The zero-order valence-corrected chi connectivity index (χ0v) is 15.4. The Balaban J connectivity index is 2.09. The van der Waals surface area contributed by atoms with Crippen molar-refractivity contribution in [3.63, 3.8) is 0 Å². The van der Waals surface area contributed by atoms with Crippen LogP contribution in [0.5, 0.6) is 0 Å². The average Bonchev–Trinajstić information content (AvgIpc) is 2.97. The normalized spacial score (nSPS) is 22.3. The van der Waals surface area contributed by atoms with Gasteiger partial charge in [0, 0.05) is 0 Å². The fraction of sp³-hybridized carbons (Fsp3) is 0.818. The van der Waals surface area contributed by atoms with Gasteiger partial charge >= 0.3 is 0 Å². The second-order valence-electron chi connectivity index (χ2n) is 7.19. The van der Waals surface area contributed by atoms with Crippen LogP contribution in [0.25, 0.3) is 0 Å². The molecule has 0 aromatic heterocycles. The van der Waals surface area contributed by atoms with Gasteiger partial charge in [-0.25, -0.2) is 0 Å². The summed E-state index contributed by atoms with van der Waals surface area (Å²) in [6.07, 6.45) is 29.3. The molecule has 1 rings (SSSR count). The third-order valence-electron chi connectivity index (χ3n) is 5.16. The number of hydrogen-bond donors (Lipinski definition) is 0. The molecule has 128 valence electrons. The van der Waals surface area contributed by atoms with Crippen molar-refractivity contribution in [1.29, 1.82) is 0 Å². The Morgan fingerprint density at radius 1 is 0.727 bits per heavy atom. The van der Waals surface area contributed by atoms with Gasteiger partial charge in [0.25, 0.3) is 0 Å². The topological polar surface area (TPSA) is 0 Å². The summed E-state index contributed by atoms with van der Waals surface area (Å²) in [5.74, 6) is 1.80. The first-order valence-electron chi connectivity index (χ1n) is 10.2. The highest BCUT2D eigenvalue weighted by Crippen LogP contribution is 2.35. The molecule has 1 aliphatic rings. The Bertz CT molecular complexity index is 286. The first-order valence-corrected chi connectivity index (χ1v) is 10.2. The minimum absolute atomic E-state index is 0.871. The quantitative estimate of drug-likeness (QED) is 0.240. The van der Waals surface area contributed by atoms with Crippen LogP contribution in [0.4, 0.5) is 0 Å². The van der Waals surface area contributed by atoms with Gasteiger partial charge in [-0.1, -0.05) is 89.5 Å². The highest BCUT2D eigenvalue weighted by atomic mass is 14.3. The molecule has 1 aliphatic carbocycles. The summed E-state index contributed by atoms with van der Waals surface area (Å²) < 4.78 is 0. The van der Waals surface area contributed by atoms with Crippen molar-refractivity contribution in [2.45, 2.75) is 104 Å². The van der Waals surface area contributed by atoms with Crippen molar-refractivity contribution >= 4 is 0 Å². The Kier molecular flexibility index (Phi) is 12.5. The second-order valence-corrected chi connectivity index (χ2v) is 7.19. The minimum atomic E-state index is 0.871. The lowest BCUT2D eigenvalue weighted by atomic mass is 9.92. The van der Waals surface area contributed by atoms with Crippen molar-refractivity contribution < 1.29 is 0 Å². The number of allylic oxidation sites excluding steroid dienone is 4. The predicted molar refractivity (Wildman–Crippen MR) is 101 cm³/mol. The van der Waals surface area contributed by atoms with E-state index in [2.05, 4.69) is 38.2 Å². The minimum Gasteiger partial charge on any atom is -0.0885 e. The molecule has 1 saturated carbocycles. The summed E-state index contributed by atoms with van der Waals surface area (Å²) in [6, 6.07) is 0. The van der Waals surface area contributed by atoms with Crippen LogP contribution in [0, 0.1) is 11.8 Å². The van der Waals surface area contributed by atoms with E-state index in [9.17, 15) is 0 Å². The van der Waals surface area contributed by atoms with Gasteiger partial charge in [-0.05, 0) is 50.4 Å². The molecule has 0 spiro atoms. The van der Waals surface area contributed by atoms with Crippen LogP contribution in [-0.4, -0.2) is 0 Å². The molecular weight excluding hydrogens is 264 g/mol. The summed E-state index contributed by atoms with van der Waals surface area (Å²) in [7, 11) is 0. The molecule has 0 saturated heterocycles. The molecule has 0 bridgehead atoms. The number of hydrogen-bond acceptors (Lipinski definition) is 0. The van der Waals surface area contributed by atoms with Gasteiger partial charge in [-0.3, -0.25) is 0 Å². The third-order valence-corrected chi connectivity index (χ3v) is 5.16. The summed E-state index contributed by atoms with van der Waals surface area (Å²) in [5.41, 5.74) is 0. The molecule has 0 heterocycles. The summed E-state index contributed by atoms with van der Waals surface area (Å²) >= 11 is 0. The van der Waals surface area contributed by atoms with E-state index in [1.54, 1.807) is 0 Å². The lowest BCUT2D eigenvalue weighted by molar-refractivity contribution is 0.462. The maximum absolute atomic E-state index is 2.56. The first kappa shape index (κ1) is 19.5. The van der Waals surface area contributed by atoms with Crippen molar-refractivity contribution in [2.75, 3.05) is 0 Å². The van der Waals surface area contributed by atoms with E-state index in [0.717, 1.165) is 11.8 Å². The molecule has 0 aliphatic heterocycles. The highest BCUT2D eigenvalue weighted by Gasteiger charge is 2.23. The third kappa shape index (κ3) is 9.49. The maximum atomic E-state index is 2.56. The zero-order valence-electron chi connectivity index (χ0n) is 15.4. The van der Waals surface area contributed by atoms with E-state index in [0.29, 0.717) is 0 Å². The highest BCUT2D eigenvalue weighted by molar-refractivity contribution is 4.97. The van der Waals surface area contributed by atoms with Gasteiger partial charge in [0.05, 0.1) is 0 Å². The molecule has 0 radical (unpaired) electrons. The lowest BCUT2D eigenvalue weighted by Crippen LogP contribution is -2.03. The number of rotatable bonds is 13. The van der Waals surface area contributed by atoms with E-state index in [-0.39, 0.29) is 0 Å². The van der Waals surface area contributed by atoms with Crippen LogP contribution in [0.15, 0.2) is 24.3 Å². The van der Waals surface area contributed by atoms with Gasteiger partial charge in [0.2, 0.25) is 0 Å². The number of unbranched alkanes of at least 4 members (excludes halogenated alkanes) is 8. The largest absolute Gasteiger partial charge is 0.0885 e. The Labute approximate surface area is 140 Å². The smallest absolute Gasteiger partial charge is 0.0202 e. The van der Waals surface area contributed by atoms with Gasteiger partial charge in [-0.15, -0.1) is 0 Å². The molecule has 0 amide bonds. The van der Waals surface area contributed by atoms with E-state index >= 15 is 0 Å². The summed E-state index contributed by atoms with van der Waals surface area (Å²) in [5, 5.41) is 0. The SMILES string of the molecule is CCCCC=CC[C@H]1CCC[C@@H]1C=CCCCCCCCC. The maximum Gasteiger partial charge on any atom is -0.0202 e. The van der Waals surface area contributed by atoms with Crippen LogP contribution < -0.4 is 0 Å². The van der Waals surface area contributed by atoms with E-state index < -0.39 is 0 Å². The monoisotopic (exact) mass is 304 g/mol.